The molecule has 6 heteroatoms. The molecular formula is C10H16N2O3S. The summed E-state index contributed by atoms with van der Waals surface area (Å²) in [5.41, 5.74) is -0.231. The summed E-state index contributed by atoms with van der Waals surface area (Å²) in [6.45, 7) is 3.61. The van der Waals surface area contributed by atoms with Crippen LogP contribution in [0.4, 0.5) is 0 Å². The van der Waals surface area contributed by atoms with E-state index in [0.29, 0.717) is 11.3 Å². The summed E-state index contributed by atoms with van der Waals surface area (Å²) in [6.07, 6.45) is 3.38. The van der Waals surface area contributed by atoms with Crippen molar-refractivity contribution < 1.29 is 14.4 Å². The second-order valence-electron chi connectivity index (χ2n) is 3.95. The summed E-state index contributed by atoms with van der Waals surface area (Å²) in [6, 6.07) is 0. The van der Waals surface area contributed by atoms with Crippen molar-refractivity contribution in [3.05, 3.63) is 17.5 Å². The fourth-order valence-corrected chi connectivity index (χ4v) is 1.95. The number of thioether (sulfide) groups is 1. The maximum absolute atomic E-state index is 11.6. The number of aryl methyl sites for hydroxylation is 1. The van der Waals surface area contributed by atoms with Gasteiger partial charge in [-0.25, -0.2) is 0 Å². The Morgan fingerprint density at radius 2 is 2.44 bits per heavy atom. The van der Waals surface area contributed by atoms with Crippen LogP contribution in [0.25, 0.3) is 0 Å². The largest absolute Gasteiger partial charge is 0.387 e. The minimum atomic E-state index is -0.914. The fraction of sp³-hybridized carbons (Fsp3) is 0.600. The number of carbonyl (C=O) groups excluding carboxylic acids is 1. The van der Waals surface area contributed by atoms with E-state index in [-0.39, 0.29) is 18.2 Å². The molecule has 1 heterocycles. The molecule has 0 aliphatic rings. The molecule has 0 saturated heterocycles. The van der Waals surface area contributed by atoms with Gasteiger partial charge in [-0.2, -0.15) is 11.8 Å². The van der Waals surface area contributed by atoms with Gasteiger partial charge in [-0.1, -0.05) is 5.16 Å². The number of aliphatic hydroxyl groups is 1. The Kier molecular flexibility index (Phi) is 4.37. The summed E-state index contributed by atoms with van der Waals surface area (Å²) in [5.74, 6) is 0.402. The lowest BCUT2D eigenvalue weighted by molar-refractivity contribution is 0.0704. The first-order valence-electron chi connectivity index (χ1n) is 4.87. The van der Waals surface area contributed by atoms with E-state index in [2.05, 4.69) is 10.5 Å². The molecule has 0 fully saturated rings. The zero-order valence-corrected chi connectivity index (χ0v) is 10.4. The Labute approximate surface area is 98.6 Å². The van der Waals surface area contributed by atoms with Crippen LogP contribution >= 0.6 is 11.8 Å². The van der Waals surface area contributed by atoms with Crippen molar-refractivity contribution in [2.45, 2.75) is 19.4 Å². The van der Waals surface area contributed by atoms with Gasteiger partial charge in [0.25, 0.3) is 5.91 Å². The van der Waals surface area contributed by atoms with Crippen LogP contribution in [0.15, 0.2) is 10.7 Å². The number of carbonyl (C=O) groups is 1. The second kappa shape index (κ2) is 5.36. The first-order valence-corrected chi connectivity index (χ1v) is 6.26. The Morgan fingerprint density at radius 3 is 2.94 bits per heavy atom. The van der Waals surface area contributed by atoms with Gasteiger partial charge < -0.3 is 14.9 Å². The van der Waals surface area contributed by atoms with E-state index in [1.807, 2.05) is 6.26 Å². The van der Waals surface area contributed by atoms with Gasteiger partial charge in [-0.15, -0.1) is 0 Å². The topological polar surface area (TPSA) is 75.4 Å². The summed E-state index contributed by atoms with van der Waals surface area (Å²) < 4.78 is 4.80. The molecule has 1 aromatic heterocycles. The highest BCUT2D eigenvalue weighted by atomic mass is 32.2. The van der Waals surface area contributed by atoms with E-state index in [0.717, 1.165) is 0 Å². The van der Waals surface area contributed by atoms with E-state index < -0.39 is 5.60 Å². The van der Waals surface area contributed by atoms with Crippen LogP contribution in [-0.2, 0) is 0 Å². The van der Waals surface area contributed by atoms with Crippen molar-refractivity contribution in [1.29, 1.82) is 0 Å². The van der Waals surface area contributed by atoms with Crippen molar-refractivity contribution in [2.75, 3.05) is 18.6 Å². The molecule has 16 heavy (non-hydrogen) atoms. The van der Waals surface area contributed by atoms with Crippen molar-refractivity contribution >= 4 is 17.7 Å². The molecule has 0 spiro atoms. The third-order valence-electron chi connectivity index (χ3n) is 2.04. The molecule has 1 unspecified atom stereocenters. The molecule has 1 atom stereocenters. The van der Waals surface area contributed by atoms with Gasteiger partial charge in [0.05, 0.1) is 11.8 Å². The first kappa shape index (κ1) is 13.1. The lowest BCUT2D eigenvalue weighted by atomic mass is 10.1. The van der Waals surface area contributed by atoms with Crippen molar-refractivity contribution in [3.63, 3.8) is 0 Å². The summed E-state index contributed by atoms with van der Waals surface area (Å²) in [4.78, 5) is 11.6. The monoisotopic (exact) mass is 244 g/mol. The molecule has 90 valence electrons. The van der Waals surface area contributed by atoms with Gasteiger partial charge in [0.1, 0.15) is 0 Å². The van der Waals surface area contributed by atoms with Crippen LogP contribution in [0.2, 0.25) is 0 Å². The minimum Gasteiger partial charge on any atom is -0.387 e. The van der Waals surface area contributed by atoms with Gasteiger partial charge in [0, 0.05) is 17.9 Å². The molecule has 0 aliphatic carbocycles. The summed E-state index contributed by atoms with van der Waals surface area (Å²) in [5, 5.41) is 16.0. The molecular weight excluding hydrogens is 228 g/mol. The van der Waals surface area contributed by atoms with Gasteiger partial charge in [-0.05, 0) is 20.1 Å². The standard InChI is InChI=1S/C10H16N2O3S/c1-7-4-12-15-8(7)9(13)11-5-10(2,14)6-16-3/h4,14H,5-6H2,1-3H3,(H,11,13). The average Bonchev–Trinajstić information content (AvgIpc) is 2.61. The molecule has 2 N–H and O–H groups in total. The van der Waals surface area contributed by atoms with Crippen LogP contribution in [0.1, 0.15) is 23.0 Å². The number of nitrogens with zero attached hydrogens (tertiary/aromatic N) is 1. The minimum absolute atomic E-state index is 0.187. The number of aromatic nitrogens is 1. The number of amides is 1. The molecule has 0 aliphatic heterocycles. The summed E-state index contributed by atoms with van der Waals surface area (Å²) >= 11 is 1.52. The van der Waals surface area contributed by atoms with E-state index in [9.17, 15) is 9.90 Å². The highest BCUT2D eigenvalue weighted by molar-refractivity contribution is 7.98. The van der Waals surface area contributed by atoms with Crippen molar-refractivity contribution in [2.24, 2.45) is 0 Å². The zero-order valence-electron chi connectivity index (χ0n) is 9.61. The fourth-order valence-electron chi connectivity index (χ4n) is 1.22. The Bertz CT molecular complexity index is 363. The normalized spacial score (nSPS) is 14.5. The number of hydrogen-bond acceptors (Lipinski definition) is 5. The van der Waals surface area contributed by atoms with Crippen molar-refractivity contribution in [3.8, 4) is 0 Å². The molecule has 1 rings (SSSR count). The molecule has 0 radical (unpaired) electrons. The maximum atomic E-state index is 11.6. The molecule has 1 aromatic rings. The van der Waals surface area contributed by atoms with Gasteiger partial charge in [0.15, 0.2) is 0 Å². The molecule has 0 aromatic carbocycles. The molecule has 0 bridgehead atoms. The maximum Gasteiger partial charge on any atom is 0.290 e. The number of hydrogen-bond donors (Lipinski definition) is 2. The number of nitrogens with one attached hydrogen (secondary N) is 1. The molecule has 1 amide bonds. The van der Waals surface area contributed by atoms with Gasteiger partial charge >= 0.3 is 0 Å². The van der Waals surface area contributed by atoms with E-state index in [4.69, 9.17) is 4.52 Å². The quantitative estimate of drug-likeness (QED) is 0.802. The molecule has 0 saturated carbocycles. The Hall–Kier alpha value is -1.01. The van der Waals surface area contributed by atoms with Crippen LogP contribution in [-0.4, -0.2) is 40.3 Å². The van der Waals surface area contributed by atoms with E-state index >= 15 is 0 Å². The predicted molar refractivity (Wildman–Crippen MR) is 62.6 cm³/mol. The van der Waals surface area contributed by atoms with Crippen LogP contribution < -0.4 is 5.32 Å². The Balaban J connectivity index is 2.51. The molecule has 5 nitrogen and oxygen atoms in total. The lowest BCUT2D eigenvalue weighted by Crippen LogP contribution is -2.42. The van der Waals surface area contributed by atoms with Crippen LogP contribution in [0.3, 0.4) is 0 Å². The second-order valence-corrected chi connectivity index (χ2v) is 4.82. The SMILES string of the molecule is CSCC(C)(O)CNC(=O)c1oncc1C. The lowest BCUT2D eigenvalue weighted by Gasteiger charge is -2.22. The Morgan fingerprint density at radius 1 is 1.75 bits per heavy atom. The highest BCUT2D eigenvalue weighted by Crippen LogP contribution is 2.10. The van der Waals surface area contributed by atoms with E-state index in [1.165, 1.54) is 18.0 Å². The number of rotatable bonds is 5. The van der Waals surface area contributed by atoms with E-state index in [1.54, 1.807) is 13.8 Å². The third kappa shape index (κ3) is 3.53. The van der Waals surface area contributed by atoms with Crippen LogP contribution in [0, 0.1) is 6.92 Å². The highest BCUT2D eigenvalue weighted by Gasteiger charge is 2.22. The summed E-state index contributed by atoms with van der Waals surface area (Å²) in [7, 11) is 0. The smallest absolute Gasteiger partial charge is 0.290 e. The first-order chi connectivity index (χ1) is 7.46. The van der Waals surface area contributed by atoms with Gasteiger partial charge in [-0.3, -0.25) is 4.79 Å². The van der Waals surface area contributed by atoms with Crippen molar-refractivity contribution in [1.82, 2.24) is 10.5 Å². The van der Waals surface area contributed by atoms with Gasteiger partial charge in [0.2, 0.25) is 5.76 Å². The predicted octanol–water partition coefficient (Wildman–Crippen LogP) is 0.827. The average molecular weight is 244 g/mol. The van der Waals surface area contributed by atoms with Crippen LogP contribution in [0.5, 0.6) is 0 Å². The zero-order chi connectivity index (χ0) is 12.2. The third-order valence-corrected chi connectivity index (χ3v) is 2.95.